The number of fused-ring (bicyclic) bond motifs is 1. The predicted molar refractivity (Wildman–Crippen MR) is 164 cm³/mol. The summed E-state index contributed by atoms with van der Waals surface area (Å²) in [6.07, 6.45) is 8.63. The molecule has 0 heterocycles. The van der Waals surface area contributed by atoms with Gasteiger partial charge in [0.2, 0.25) is 0 Å². The Kier molecular flexibility index (Phi) is 8.72. The molecule has 41 heavy (non-hydrogen) atoms. The smallest absolute Gasteiger partial charge is 0.303 e. The zero-order valence-electron chi connectivity index (χ0n) is 24.8. The number of aliphatic carboxylic acids is 1. The molecule has 0 amide bonds. The lowest BCUT2D eigenvalue weighted by molar-refractivity contribution is -0.137. The Morgan fingerprint density at radius 3 is 2.54 bits per heavy atom. The van der Waals surface area contributed by atoms with Gasteiger partial charge in [-0.1, -0.05) is 51.5 Å². The van der Waals surface area contributed by atoms with Crippen LogP contribution < -0.4 is 14.2 Å². The topological polar surface area (TPSA) is 65.0 Å². The van der Waals surface area contributed by atoms with Crippen molar-refractivity contribution < 1.29 is 24.1 Å². The summed E-state index contributed by atoms with van der Waals surface area (Å²) in [5.74, 6) is 1.77. The minimum Gasteiger partial charge on any atom is -0.497 e. The molecule has 0 unspecified atom stereocenters. The summed E-state index contributed by atoms with van der Waals surface area (Å²) in [4.78, 5) is 11.3. The highest BCUT2D eigenvalue weighted by molar-refractivity contribution is 5.87. The van der Waals surface area contributed by atoms with E-state index in [0.29, 0.717) is 13.2 Å². The van der Waals surface area contributed by atoms with Crippen LogP contribution in [0.5, 0.6) is 17.2 Å². The minimum absolute atomic E-state index is 0.0603. The number of allylic oxidation sites excluding steroid dienone is 2. The van der Waals surface area contributed by atoms with Gasteiger partial charge in [0.15, 0.2) is 0 Å². The quantitative estimate of drug-likeness (QED) is 0.227. The molecule has 0 spiro atoms. The van der Waals surface area contributed by atoms with E-state index in [0.717, 1.165) is 78.0 Å². The zero-order chi connectivity index (χ0) is 29.0. The molecular weight excluding hydrogens is 512 g/mol. The van der Waals surface area contributed by atoms with E-state index < -0.39 is 5.97 Å². The standard InChI is InChI=1S/C36H42O5/c1-5-6-18-40-34-16-14-27(39-4)21-32(34)29-15-9-24(19-31(29)33-8-7-17-36(33,2)3)23-41-28-13-12-25-10-11-26(20-35(37)38)30(25)22-28/h8-9,12-16,19,21-22,26H,5-7,10-11,17-18,20,23H2,1-4H3,(H,37,38)/t26-/m1/s1. The molecule has 5 heteroatoms. The number of hydrogen-bond donors (Lipinski definition) is 1. The van der Waals surface area contributed by atoms with Gasteiger partial charge in [-0.15, -0.1) is 0 Å². The highest BCUT2D eigenvalue weighted by atomic mass is 16.5. The fourth-order valence-electron chi connectivity index (χ4n) is 6.25. The molecule has 0 saturated carbocycles. The lowest BCUT2D eigenvalue weighted by atomic mass is 9.79. The maximum absolute atomic E-state index is 11.3. The largest absolute Gasteiger partial charge is 0.497 e. The molecule has 0 aromatic heterocycles. The molecule has 216 valence electrons. The first-order valence-corrected chi connectivity index (χ1v) is 14.9. The number of hydrogen-bond acceptors (Lipinski definition) is 4. The first-order chi connectivity index (χ1) is 19.8. The molecule has 0 saturated heterocycles. The molecule has 1 atom stereocenters. The molecule has 0 aliphatic heterocycles. The van der Waals surface area contributed by atoms with E-state index in [9.17, 15) is 9.90 Å². The van der Waals surface area contributed by atoms with Crippen molar-refractivity contribution in [1.82, 2.24) is 0 Å². The van der Waals surface area contributed by atoms with Gasteiger partial charge in [0.1, 0.15) is 23.9 Å². The molecule has 3 aromatic rings. The summed E-state index contributed by atoms with van der Waals surface area (Å²) in [7, 11) is 1.70. The Morgan fingerprint density at radius 2 is 1.80 bits per heavy atom. The van der Waals surface area contributed by atoms with Gasteiger partial charge in [0.05, 0.1) is 20.1 Å². The van der Waals surface area contributed by atoms with Gasteiger partial charge in [-0.05, 0) is 113 Å². The Morgan fingerprint density at radius 1 is 0.976 bits per heavy atom. The number of carbonyl (C=O) groups is 1. The van der Waals surface area contributed by atoms with Crippen molar-refractivity contribution in [2.75, 3.05) is 13.7 Å². The van der Waals surface area contributed by atoms with Crippen LogP contribution in [0, 0.1) is 5.41 Å². The van der Waals surface area contributed by atoms with Crippen molar-refractivity contribution in [3.63, 3.8) is 0 Å². The van der Waals surface area contributed by atoms with Gasteiger partial charge in [0, 0.05) is 5.56 Å². The summed E-state index contributed by atoms with van der Waals surface area (Å²) < 4.78 is 18.2. The lowest BCUT2D eigenvalue weighted by Crippen LogP contribution is -2.10. The normalized spacial score (nSPS) is 17.2. The molecular formula is C36H42O5. The van der Waals surface area contributed by atoms with Crippen molar-refractivity contribution in [2.24, 2.45) is 5.41 Å². The molecule has 5 nitrogen and oxygen atoms in total. The molecule has 2 aliphatic carbocycles. The van der Waals surface area contributed by atoms with Crippen LogP contribution in [0.15, 0.2) is 60.7 Å². The first-order valence-electron chi connectivity index (χ1n) is 14.9. The number of carboxylic acids is 1. The fourth-order valence-corrected chi connectivity index (χ4v) is 6.25. The lowest BCUT2D eigenvalue weighted by Gasteiger charge is -2.26. The minimum atomic E-state index is -0.749. The number of rotatable bonds is 12. The van der Waals surface area contributed by atoms with Crippen LogP contribution in [0.4, 0.5) is 0 Å². The summed E-state index contributed by atoms with van der Waals surface area (Å²) >= 11 is 0. The van der Waals surface area contributed by atoms with Crippen LogP contribution in [0.1, 0.15) is 87.5 Å². The summed E-state index contributed by atoms with van der Waals surface area (Å²) in [5.41, 5.74) is 8.24. The first kappa shape index (κ1) is 28.8. The third kappa shape index (κ3) is 6.45. The Labute approximate surface area is 244 Å². The molecule has 0 bridgehead atoms. The summed E-state index contributed by atoms with van der Waals surface area (Å²) in [6.45, 7) is 7.92. The van der Waals surface area contributed by atoms with Crippen LogP contribution in [0.2, 0.25) is 0 Å². The van der Waals surface area contributed by atoms with E-state index in [1.165, 1.54) is 16.7 Å². The van der Waals surface area contributed by atoms with Gasteiger partial charge in [-0.25, -0.2) is 0 Å². The zero-order valence-corrected chi connectivity index (χ0v) is 24.8. The van der Waals surface area contributed by atoms with E-state index in [-0.39, 0.29) is 17.8 Å². The highest BCUT2D eigenvalue weighted by Gasteiger charge is 2.31. The van der Waals surface area contributed by atoms with E-state index in [4.69, 9.17) is 14.2 Å². The van der Waals surface area contributed by atoms with Crippen molar-refractivity contribution in [2.45, 2.75) is 78.2 Å². The van der Waals surface area contributed by atoms with Crippen molar-refractivity contribution >= 4 is 11.5 Å². The third-order valence-corrected chi connectivity index (χ3v) is 8.60. The monoisotopic (exact) mass is 554 g/mol. The Bertz CT molecular complexity index is 1430. The maximum atomic E-state index is 11.3. The van der Waals surface area contributed by atoms with Crippen LogP contribution in [-0.4, -0.2) is 24.8 Å². The summed E-state index contributed by atoms with van der Waals surface area (Å²) in [6, 6.07) is 18.8. The van der Waals surface area contributed by atoms with Crippen LogP contribution >= 0.6 is 0 Å². The van der Waals surface area contributed by atoms with E-state index in [1.807, 2.05) is 24.3 Å². The molecule has 1 N–H and O–H groups in total. The van der Waals surface area contributed by atoms with E-state index >= 15 is 0 Å². The predicted octanol–water partition coefficient (Wildman–Crippen LogP) is 8.83. The number of ether oxygens (including phenoxy) is 3. The van der Waals surface area contributed by atoms with Crippen molar-refractivity contribution in [3.8, 4) is 28.4 Å². The van der Waals surface area contributed by atoms with Gasteiger partial charge < -0.3 is 19.3 Å². The number of unbranched alkanes of at least 4 members (excludes halogenated alkanes) is 1. The van der Waals surface area contributed by atoms with Gasteiger partial charge in [0.25, 0.3) is 0 Å². The molecule has 5 rings (SSSR count). The SMILES string of the molecule is CCCCOc1ccc(OC)cc1-c1ccc(COc2ccc3c(c2)[C@@H](CC(=O)O)CC3)cc1C1=CCCC1(C)C. The number of aryl methyl sites for hydroxylation is 1. The van der Waals surface area contributed by atoms with Gasteiger partial charge in [-0.3, -0.25) is 4.79 Å². The van der Waals surface area contributed by atoms with Crippen LogP contribution in [-0.2, 0) is 17.8 Å². The molecule has 0 fully saturated rings. The number of carboxylic acid groups (broad SMARTS) is 1. The molecule has 2 aliphatic rings. The fraction of sp³-hybridized carbons (Fsp3) is 0.417. The summed E-state index contributed by atoms with van der Waals surface area (Å²) in [5, 5.41) is 9.33. The van der Waals surface area contributed by atoms with E-state index in [1.54, 1.807) is 7.11 Å². The second-order valence-corrected chi connectivity index (χ2v) is 12.0. The van der Waals surface area contributed by atoms with E-state index in [2.05, 4.69) is 57.2 Å². The number of benzene rings is 3. The Hall–Kier alpha value is -3.73. The maximum Gasteiger partial charge on any atom is 0.303 e. The molecule has 0 radical (unpaired) electrons. The highest BCUT2D eigenvalue weighted by Crippen LogP contribution is 2.48. The average molecular weight is 555 g/mol. The van der Waals surface area contributed by atoms with Crippen LogP contribution in [0.3, 0.4) is 0 Å². The van der Waals surface area contributed by atoms with Crippen LogP contribution in [0.25, 0.3) is 16.7 Å². The molecule has 3 aromatic carbocycles. The van der Waals surface area contributed by atoms with Crippen molar-refractivity contribution in [3.05, 3.63) is 82.9 Å². The third-order valence-electron chi connectivity index (χ3n) is 8.60. The van der Waals surface area contributed by atoms with Gasteiger partial charge >= 0.3 is 5.97 Å². The van der Waals surface area contributed by atoms with Crippen molar-refractivity contribution in [1.29, 1.82) is 0 Å². The second kappa shape index (κ2) is 12.4. The second-order valence-electron chi connectivity index (χ2n) is 12.0. The Balaban J connectivity index is 1.47. The average Bonchev–Trinajstić information content (AvgIpc) is 3.53. The van der Waals surface area contributed by atoms with Gasteiger partial charge in [-0.2, -0.15) is 0 Å². The number of methoxy groups -OCH3 is 1.